The van der Waals surface area contributed by atoms with Gasteiger partial charge < -0.3 is 0 Å². The van der Waals surface area contributed by atoms with Gasteiger partial charge in [0.15, 0.2) is 5.65 Å². The van der Waals surface area contributed by atoms with E-state index in [1.54, 1.807) is 13.8 Å². The Bertz CT molecular complexity index is 847. The predicted octanol–water partition coefficient (Wildman–Crippen LogP) is 3.64. The van der Waals surface area contributed by atoms with Gasteiger partial charge in [-0.1, -0.05) is 0 Å². The molecule has 0 unspecified atom stereocenters. The molecular weight excluding hydrogens is 298 g/mol. The second kappa shape index (κ2) is 4.96. The molecule has 3 aromatic rings. The maximum absolute atomic E-state index is 13.4. The Kier molecular flexibility index (Phi) is 3.25. The van der Waals surface area contributed by atoms with Crippen molar-refractivity contribution >= 4 is 22.8 Å². The predicted molar refractivity (Wildman–Crippen MR) is 75.0 cm³/mol. The van der Waals surface area contributed by atoms with E-state index < -0.39 is 11.6 Å². The Morgan fingerprint density at radius 3 is 2.14 bits per heavy atom. The van der Waals surface area contributed by atoms with Gasteiger partial charge in [-0.15, -0.1) is 0 Å². The van der Waals surface area contributed by atoms with Crippen LogP contribution < -0.4 is 0 Å². The van der Waals surface area contributed by atoms with Crippen LogP contribution in [0, 0.1) is 25.5 Å². The van der Waals surface area contributed by atoms with Crippen LogP contribution in [0.25, 0.3) is 22.4 Å². The highest BCUT2D eigenvalue weighted by atomic mass is 35.5. The van der Waals surface area contributed by atoms with E-state index in [0.717, 1.165) is 18.2 Å². The van der Waals surface area contributed by atoms with Gasteiger partial charge >= 0.3 is 0 Å². The molecule has 0 N–H and O–H groups in total. The van der Waals surface area contributed by atoms with Crippen molar-refractivity contribution in [1.29, 1.82) is 0 Å². The van der Waals surface area contributed by atoms with Crippen LogP contribution in [0.2, 0.25) is 5.28 Å². The van der Waals surface area contributed by atoms with E-state index in [0.29, 0.717) is 16.9 Å². The normalized spacial score (nSPS) is 11.1. The number of hydrogen-bond donors (Lipinski definition) is 0. The molecule has 0 aliphatic heterocycles. The van der Waals surface area contributed by atoms with Gasteiger partial charge in [0, 0.05) is 11.6 Å². The van der Waals surface area contributed by atoms with Crippen molar-refractivity contribution in [2.24, 2.45) is 0 Å². The Morgan fingerprint density at radius 2 is 1.48 bits per heavy atom. The second-order valence-electron chi connectivity index (χ2n) is 4.57. The molecule has 0 saturated heterocycles. The molecule has 0 radical (unpaired) electrons. The molecule has 4 nitrogen and oxygen atoms in total. The fraction of sp³-hybridized carbons (Fsp3) is 0.143. The average molecular weight is 307 g/mol. The Labute approximate surface area is 123 Å². The van der Waals surface area contributed by atoms with Crippen molar-refractivity contribution in [2.45, 2.75) is 13.8 Å². The van der Waals surface area contributed by atoms with E-state index in [2.05, 4.69) is 19.9 Å². The van der Waals surface area contributed by atoms with Crippen LogP contribution in [0.1, 0.15) is 11.4 Å². The summed E-state index contributed by atoms with van der Waals surface area (Å²) in [5, 5.41) is -0.0558. The van der Waals surface area contributed by atoms with Crippen molar-refractivity contribution in [3.63, 3.8) is 0 Å². The topological polar surface area (TPSA) is 51.6 Å². The molecule has 1 aromatic carbocycles. The van der Waals surface area contributed by atoms with Crippen molar-refractivity contribution < 1.29 is 8.78 Å². The van der Waals surface area contributed by atoms with Crippen LogP contribution in [0.4, 0.5) is 8.78 Å². The molecular formula is C14H9ClF2N4. The van der Waals surface area contributed by atoms with E-state index in [-0.39, 0.29) is 22.2 Å². The van der Waals surface area contributed by atoms with Gasteiger partial charge in [0.25, 0.3) is 0 Å². The van der Waals surface area contributed by atoms with E-state index in [1.807, 2.05) is 0 Å². The summed E-state index contributed by atoms with van der Waals surface area (Å²) >= 11 is 5.87. The first-order valence-corrected chi connectivity index (χ1v) is 6.47. The number of aryl methyl sites for hydroxylation is 2. The number of fused-ring (bicyclic) bond motifs is 1. The first-order chi connectivity index (χ1) is 9.94. The van der Waals surface area contributed by atoms with Gasteiger partial charge in [-0.3, -0.25) is 0 Å². The number of benzene rings is 1. The highest BCUT2D eigenvalue weighted by Crippen LogP contribution is 2.27. The molecule has 7 heteroatoms. The Balaban J connectivity index is 2.38. The lowest BCUT2D eigenvalue weighted by Gasteiger charge is -2.07. The zero-order valence-corrected chi connectivity index (χ0v) is 11.9. The summed E-state index contributed by atoms with van der Waals surface area (Å²) in [4.78, 5) is 16.7. The molecule has 0 bridgehead atoms. The number of nitrogens with zero attached hydrogens (tertiary/aromatic N) is 4. The van der Waals surface area contributed by atoms with Crippen LogP contribution in [-0.4, -0.2) is 19.9 Å². The van der Waals surface area contributed by atoms with E-state index in [9.17, 15) is 8.78 Å². The minimum atomic E-state index is -0.704. The van der Waals surface area contributed by atoms with Crippen molar-refractivity contribution in [2.75, 3.05) is 0 Å². The first-order valence-electron chi connectivity index (χ1n) is 6.09. The SMILES string of the molecule is Cc1nc2nc(Cl)nc(-c3cc(F)cc(F)c3)c2nc1C. The highest BCUT2D eigenvalue weighted by molar-refractivity contribution is 6.28. The van der Waals surface area contributed by atoms with Gasteiger partial charge in [-0.25, -0.2) is 23.7 Å². The number of hydrogen-bond acceptors (Lipinski definition) is 4. The van der Waals surface area contributed by atoms with Gasteiger partial charge in [0.2, 0.25) is 5.28 Å². The first kappa shape index (κ1) is 13.8. The molecule has 0 atom stereocenters. The summed E-state index contributed by atoms with van der Waals surface area (Å²) in [6, 6.07) is 3.12. The lowest BCUT2D eigenvalue weighted by molar-refractivity contribution is 0.584. The zero-order valence-electron chi connectivity index (χ0n) is 11.2. The second-order valence-corrected chi connectivity index (χ2v) is 4.90. The fourth-order valence-electron chi connectivity index (χ4n) is 1.98. The molecule has 21 heavy (non-hydrogen) atoms. The maximum atomic E-state index is 13.4. The Morgan fingerprint density at radius 1 is 0.857 bits per heavy atom. The molecule has 0 fully saturated rings. The molecule has 106 valence electrons. The molecule has 3 rings (SSSR count). The van der Waals surface area contributed by atoms with Gasteiger partial charge in [0.05, 0.1) is 11.4 Å². The standard InChI is InChI=1S/C14H9ClF2N4/c1-6-7(2)19-13-12(18-6)11(20-14(15)21-13)8-3-9(16)5-10(17)4-8/h3-5H,1-2H3. The third-order valence-electron chi connectivity index (χ3n) is 3.05. The maximum Gasteiger partial charge on any atom is 0.225 e. The van der Waals surface area contributed by atoms with E-state index >= 15 is 0 Å². The third kappa shape index (κ3) is 2.54. The van der Waals surface area contributed by atoms with Crippen LogP contribution >= 0.6 is 11.6 Å². The molecule has 0 aliphatic rings. The number of aromatic nitrogens is 4. The smallest absolute Gasteiger partial charge is 0.225 e. The van der Waals surface area contributed by atoms with Crippen molar-refractivity contribution in [3.8, 4) is 11.3 Å². The van der Waals surface area contributed by atoms with E-state index in [4.69, 9.17) is 11.6 Å². The number of halogens is 3. The molecule has 0 aliphatic carbocycles. The summed E-state index contributed by atoms with van der Waals surface area (Å²) in [6.07, 6.45) is 0. The minimum absolute atomic E-state index is 0.0558. The molecule has 0 amide bonds. The Hall–Kier alpha value is -2.21. The largest absolute Gasteiger partial charge is 0.246 e. The van der Waals surface area contributed by atoms with Crippen LogP contribution in [0.5, 0.6) is 0 Å². The average Bonchev–Trinajstić information content (AvgIpc) is 2.38. The monoisotopic (exact) mass is 306 g/mol. The molecule has 2 aromatic heterocycles. The molecule has 2 heterocycles. The fourth-order valence-corrected chi connectivity index (χ4v) is 2.14. The van der Waals surface area contributed by atoms with Gasteiger partial charge in [-0.2, -0.15) is 4.98 Å². The molecule has 0 spiro atoms. The van der Waals surface area contributed by atoms with Gasteiger partial charge in [0.1, 0.15) is 22.8 Å². The van der Waals surface area contributed by atoms with Crippen molar-refractivity contribution in [1.82, 2.24) is 19.9 Å². The minimum Gasteiger partial charge on any atom is -0.246 e. The highest BCUT2D eigenvalue weighted by Gasteiger charge is 2.14. The van der Waals surface area contributed by atoms with Crippen LogP contribution in [0.3, 0.4) is 0 Å². The zero-order chi connectivity index (χ0) is 15.1. The lowest BCUT2D eigenvalue weighted by atomic mass is 10.1. The quantitative estimate of drug-likeness (QED) is 0.644. The summed E-state index contributed by atoms with van der Waals surface area (Å²) in [7, 11) is 0. The summed E-state index contributed by atoms with van der Waals surface area (Å²) in [5.74, 6) is -1.41. The lowest BCUT2D eigenvalue weighted by Crippen LogP contribution is -2.00. The molecule has 0 saturated carbocycles. The van der Waals surface area contributed by atoms with Crippen molar-refractivity contribution in [3.05, 3.63) is 46.5 Å². The summed E-state index contributed by atoms with van der Waals surface area (Å²) in [5.41, 5.74) is 2.52. The number of rotatable bonds is 1. The third-order valence-corrected chi connectivity index (χ3v) is 3.22. The van der Waals surface area contributed by atoms with Gasteiger partial charge in [-0.05, 0) is 37.6 Å². The van der Waals surface area contributed by atoms with E-state index in [1.165, 1.54) is 0 Å². The van der Waals surface area contributed by atoms with Crippen LogP contribution in [-0.2, 0) is 0 Å². The summed E-state index contributed by atoms with van der Waals surface area (Å²) in [6.45, 7) is 3.58. The van der Waals surface area contributed by atoms with Crippen LogP contribution in [0.15, 0.2) is 18.2 Å². The summed E-state index contributed by atoms with van der Waals surface area (Å²) < 4.78 is 26.8.